The van der Waals surface area contributed by atoms with Crippen LogP contribution in [0, 0.1) is 11.7 Å². The number of benzene rings is 2. The summed E-state index contributed by atoms with van der Waals surface area (Å²) < 4.78 is 24.4. The molecule has 1 aliphatic heterocycles. The molecular weight excluding hydrogens is 493 g/mol. The molecule has 1 amide bonds. The van der Waals surface area contributed by atoms with Crippen molar-refractivity contribution in [2.45, 2.75) is 31.6 Å². The Hall–Kier alpha value is -3.78. The number of amides is 1. The summed E-state index contributed by atoms with van der Waals surface area (Å²) in [5, 5.41) is 1.90. The molecule has 0 saturated carbocycles. The predicted molar refractivity (Wildman–Crippen MR) is 138 cm³/mol. The van der Waals surface area contributed by atoms with E-state index in [-0.39, 0.29) is 24.7 Å². The van der Waals surface area contributed by atoms with Gasteiger partial charge in [-0.15, -0.1) is 11.3 Å². The standard InChI is InChI=1S/C29H26FNO5S/c1-3-36-29(34)27-22(24-5-4-14-37-24)15-23-26(28(27)33)21(17-6-12-20(35-2)13-7-17)16-25(32)31(23)19-10-8-18(30)9-11-19/h4-14,21-22,27H,3,15-16H2,1-2H3/t21-,22-,27+/m0/s1. The largest absolute Gasteiger partial charge is 0.497 e. The van der Waals surface area contributed by atoms with Gasteiger partial charge in [0.25, 0.3) is 0 Å². The fraction of sp³-hybridized carbons (Fsp3) is 0.276. The highest BCUT2D eigenvalue weighted by Gasteiger charge is 2.50. The lowest BCUT2D eigenvalue weighted by Crippen LogP contribution is -2.46. The second-order valence-corrected chi connectivity index (χ2v) is 10.00. The van der Waals surface area contributed by atoms with Crippen molar-refractivity contribution in [3.63, 3.8) is 0 Å². The van der Waals surface area contributed by atoms with Gasteiger partial charge >= 0.3 is 5.97 Å². The number of thiophene rings is 1. The van der Waals surface area contributed by atoms with Crippen LogP contribution in [0.2, 0.25) is 0 Å². The van der Waals surface area contributed by atoms with Crippen molar-refractivity contribution in [1.29, 1.82) is 0 Å². The van der Waals surface area contributed by atoms with Crippen molar-refractivity contribution in [3.8, 4) is 5.75 Å². The Bertz CT molecular complexity index is 1350. The number of allylic oxidation sites excluding steroid dienone is 2. The number of rotatable bonds is 6. The summed E-state index contributed by atoms with van der Waals surface area (Å²) in [6, 6.07) is 16.7. The quantitative estimate of drug-likeness (QED) is 0.313. The normalized spacial score (nSPS) is 21.6. The number of hydrogen-bond acceptors (Lipinski definition) is 6. The van der Waals surface area contributed by atoms with E-state index in [2.05, 4.69) is 0 Å². The first kappa shape index (κ1) is 24.9. The summed E-state index contributed by atoms with van der Waals surface area (Å²) in [6.45, 7) is 1.87. The second kappa shape index (κ2) is 10.3. The minimum Gasteiger partial charge on any atom is -0.497 e. The van der Waals surface area contributed by atoms with Crippen LogP contribution in [-0.4, -0.2) is 31.4 Å². The number of ether oxygens (including phenoxy) is 2. The minimum absolute atomic E-state index is 0.0352. The minimum atomic E-state index is -1.01. The van der Waals surface area contributed by atoms with Gasteiger partial charge in [0, 0.05) is 40.1 Å². The number of carbonyl (C=O) groups excluding carboxylic acids is 3. The lowest BCUT2D eigenvalue weighted by molar-refractivity contribution is -0.152. The molecule has 0 bridgehead atoms. The third-order valence-corrected chi connectivity index (χ3v) is 7.98. The van der Waals surface area contributed by atoms with Crippen LogP contribution in [0.5, 0.6) is 5.75 Å². The second-order valence-electron chi connectivity index (χ2n) is 9.02. The molecule has 0 fully saturated rings. The number of hydrogen-bond donors (Lipinski definition) is 0. The molecule has 6 nitrogen and oxygen atoms in total. The number of carbonyl (C=O) groups is 3. The Morgan fingerprint density at radius 2 is 1.78 bits per heavy atom. The molecule has 37 heavy (non-hydrogen) atoms. The number of nitrogens with zero attached hydrogens (tertiary/aromatic N) is 1. The molecule has 190 valence electrons. The molecule has 3 aromatic rings. The van der Waals surface area contributed by atoms with E-state index < -0.39 is 29.5 Å². The Kier molecular flexibility index (Phi) is 6.93. The monoisotopic (exact) mass is 519 g/mol. The van der Waals surface area contributed by atoms with Gasteiger partial charge in [0.05, 0.1) is 13.7 Å². The van der Waals surface area contributed by atoms with Gasteiger partial charge in [-0.25, -0.2) is 4.39 Å². The number of halogens is 1. The third-order valence-electron chi connectivity index (χ3n) is 6.97. The molecule has 1 aliphatic carbocycles. The zero-order valence-electron chi connectivity index (χ0n) is 20.5. The predicted octanol–water partition coefficient (Wildman–Crippen LogP) is 5.61. The van der Waals surface area contributed by atoms with E-state index in [0.29, 0.717) is 29.1 Å². The van der Waals surface area contributed by atoms with Crippen LogP contribution >= 0.6 is 11.3 Å². The molecule has 3 atom stereocenters. The van der Waals surface area contributed by atoms with Gasteiger partial charge in [0.1, 0.15) is 17.5 Å². The van der Waals surface area contributed by atoms with E-state index >= 15 is 0 Å². The molecule has 8 heteroatoms. The third kappa shape index (κ3) is 4.57. The first-order valence-electron chi connectivity index (χ1n) is 12.1. The average Bonchev–Trinajstić information content (AvgIpc) is 3.44. The van der Waals surface area contributed by atoms with E-state index in [4.69, 9.17) is 9.47 Å². The summed E-state index contributed by atoms with van der Waals surface area (Å²) in [5.41, 5.74) is 2.25. The van der Waals surface area contributed by atoms with Gasteiger partial charge in [-0.1, -0.05) is 18.2 Å². The van der Waals surface area contributed by atoms with Gasteiger partial charge in [-0.05, 0) is 66.8 Å². The molecule has 1 aromatic heterocycles. The fourth-order valence-corrected chi connectivity index (χ4v) is 6.18. The van der Waals surface area contributed by atoms with Crippen LogP contribution in [0.4, 0.5) is 10.1 Å². The van der Waals surface area contributed by atoms with E-state index in [0.717, 1.165) is 10.4 Å². The maximum Gasteiger partial charge on any atom is 0.317 e. The topological polar surface area (TPSA) is 72.9 Å². The van der Waals surface area contributed by atoms with E-state index in [9.17, 15) is 18.8 Å². The van der Waals surface area contributed by atoms with Crippen LogP contribution in [0.1, 0.15) is 42.0 Å². The lowest BCUT2D eigenvalue weighted by Gasteiger charge is -2.42. The molecule has 0 spiro atoms. The molecule has 5 rings (SSSR count). The SMILES string of the molecule is CCOC(=O)[C@H]1C(=O)C2=C(C[C@H]1c1cccs1)N(c1ccc(F)cc1)C(=O)C[C@H]2c1ccc(OC)cc1. The summed E-state index contributed by atoms with van der Waals surface area (Å²) in [7, 11) is 1.57. The van der Waals surface area contributed by atoms with Crippen LogP contribution in [0.3, 0.4) is 0 Å². The average molecular weight is 520 g/mol. The van der Waals surface area contributed by atoms with Crippen molar-refractivity contribution < 1.29 is 28.2 Å². The van der Waals surface area contributed by atoms with Crippen molar-refractivity contribution >= 4 is 34.7 Å². The first-order chi connectivity index (χ1) is 17.9. The molecule has 2 aromatic carbocycles. The number of anilines is 1. The van der Waals surface area contributed by atoms with Crippen LogP contribution in [-0.2, 0) is 19.1 Å². The molecule has 0 N–H and O–H groups in total. The maximum atomic E-state index is 14.2. The summed E-state index contributed by atoms with van der Waals surface area (Å²) in [5.74, 6) is -2.87. The van der Waals surface area contributed by atoms with Gasteiger partial charge in [0.15, 0.2) is 5.78 Å². The van der Waals surface area contributed by atoms with Crippen molar-refractivity contribution in [2.24, 2.45) is 5.92 Å². The summed E-state index contributed by atoms with van der Waals surface area (Å²) in [4.78, 5) is 43.4. The Morgan fingerprint density at radius 1 is 1.05 bits per heavy atom. The number of ketones is 1. The Balaban J connectivity index is 1.70. The number of Topliss-reactive ketones (excluding diaryl/α,β-unsaturated/α-hetero) is 1. The number of methoxy groups -OCH3 is 1. The van der Waals surface area contributed by atoms with Gasteiger partial charge in [-0.3, -0.25) is 19.3 Å². The fourth-order valence-electron chi connectivity index (χ4n) is 5.31. The molecule has 2 heterocycles. The molecule has 2 aliphatic rings. The Labute approximate surface area is 218 Å². The van der Waals surface area contributed by atoms with E-state index in [1.54, 1.807) is 26.2 Å². The zero-order chi connectivity index (χ0) is 26.1. The van der Waals surface area contributed by atoms with E-state index in [1.165, 1.54) is 40.5 Å². The Morgan fingerprint density at radius 3 is 2.41 bits per heavy atom. The molecule has 0 saturated heterocycles. The molecule has 0 radical (unpaired) electrons. The maximum absolute atomic E-state index is 14.2. The van der Waals surface area contributed by atoms with Crippen molar-refractivity contribution in [3.05, 3.63) is 93.6 Å². The van der Waals surface area contributed by atoms with Gasteiger partial charge in [-0.2, -0.15) is 0 Å². The van der Waals surface area contributed by atoms with Gasteiger partial charge < -0.3 is 9.47 Å². The molecule has 0 unspecified atom stereocenters. The van der Waals surface area contributed by atoms with Gasteiger partial charge in [0.2, 0.25) is 5.91 Å². The zero-order valence-corrected chi connectivity index (χ0v) is 21.3. The highest BCUT2D eigenvalue weighted by molar-refractivity contribution is 7.10. The van der Waals surface area contributed by atoms with Crippen LogP contribution in [0.25, 0.3) is 0 Å². The smallest absolute Gasteiger partial charge is 0.317 e. The van der Waals surface area contributed by atoms with Crippen LogP contribution in [0.15, 0.2) is 77.3 Å². The summed E-state index contributed by atoms with van der Waals surface area (Å²) >= 11 is 1.46. The van der Waals surface area contributed by atoms with E-state index in [1.807, 2.05) is 29.6 Å². The lowest BCUT2D eigenvalue weighted by atomic mass is 9.69. The summed E-state index contributed by atoms with van der Waals surface area (Å²) in [6.07, 6.45) is 0.328. The number of esters is 1. The van der Waals surface area contributed by atoms with Crippen molar-refractivity contribution in [2.75, 3.05) is 18.6 Å². The highest BCUT2D eigenvalue weighted by Crippen LogP contribution is 2.50. The van der Waals surface area contributed by atoms with Crippen molar-refractivity contribution in [1.82, 2.24) is 0 Å². The van der Waals surface area contributed by atoms with Crippen LogP contribution < -0.4 is 9.64 Å². The molecular formula is C29H26FNO5S. The first-order valence-corrected chi connectivity index (χ1v) is 13.0. The highest BCUT2D eigenvalue weighted by atomic mass is 32.1.